The maximum absolute atomic E-state index is 13.0. The highest BCUT2D eigenvalue weighted by molar-refractivity contribution is 5.91. The predicted molar refractivity (Wildman–Crippen MR) is 125 cm³/mol. The third-order valence-electron chi connectivity index (χ3n) is 7.29. The van der Waals surface area contributed by atoms with Crippen LogP contribution in [0.4, 0.5) is 5.69 Å². The highest BCUT2D eigenvalue weighted by Gasteiger charge is 2.39. The number of imide groups is 1. The molecule has 0 saturated carbocycles. The molecule has 8 heteroatoms. The van der Waals surface area contributed by atoms with Crippen molar-refractivity contribution in [2.45, 2.75) is 58.3 Å². The number of hydrogen-bond donors (Lipinski definition) is 2. The average molecular weight is 458 g/mol. The van der Waals surface area contributed by atoms with Gasteiger partial charge in [0.2, 0.25) is 18.2 Å². The van der Waals surface area contributed by atoms with Crippen LogP contribution in [0.1, 0.15) is 63.9 Å². The molecule has 8 nitrogen and oxygen atoms in total. The molecule has 2 fully saturated rings. The summed E-state index contributed by atoms with van der Waals surface area (Å²) in [6, 6.07) is 7.91. The molecular weight excluding hydrogens is 422 g/mol. The summed E-state index contributed by atoms with van der Waals surface area (Å²) < 4.78 is 0. The zero-order valence-corrected chi connectivity index (χ0v) is 19.6. The lowest BCUT2D eigenvalue weighted by atomic mass is 9.80. The van der Waals surface area contributed by atoms with E-state index in [1.807, 2.05) is 36.1 Å². The van der Waals surface area contributed by atoms with Crippen molar-refractivity contribution in [2.24, 2.45) is 11.3 Å². The second-order valence-electron chi connectivity index (χ2n) is 9.51. The average Bonchev–Trinajstić information content (AvgIpc) is 2.83. The number of aliphatic carboxylic acids is 1. The summed E-state index contributed by atoms with van der Waals surface area (Å²) in [6.07, 6.45) is 4.49. The van der Waals surface area contributed by atoms with Crippen LogP contribution in [0, 0.1) is 11.3 Å². The lowest BCUT2D eigenvalue weighted by molar-refractivity contribution is -0.153. The molecule has 0 aliphatic carbocycles. The molecule has 3 rings (SSSR count). The quantitative estimate of drug-likeness (QED) is 0.582. The summed E-state index contributed by atoms with van der Waals surface area (Å²) in [5.41, 5.74) is 1.23. The zero-order valence-electron chi connectivity index (χ0n) is 19.6. The van der Waals surface area contributed by atoms with E-state index in [0.717, 1.165) is 43.6 Å². The Balaban J connectivity index is 1.54. The first-order valence-corrected chi connectivity index (χ1v) is 11.9. The van der Waals surface area contributed by atoms with Crippen molar-refractivity contribution in [2.75, 3.05) is 31.1 Å². The lowest BCUT2D eigenvalue weighted by Crippen LogP contribution is -2.48. The molecule has 1 aromatic rings. The number of anilines is 1. The molecule has 0 bridgehead atoms. The predicted octanol–water partition coefficient (Wildman–Crippen LogP) is 2.77. The molecule has 180 valence electrons. The van der Waals surface area contributed by atoms with Crippen LogP contribution in [0.15, 0.2) is 24.3 Å². The van der Waals surface area contributed by atoms with Gasteiger partial charge in [0.1, 0.15) is 0 Å². The third-order valence-corrected chi connectivity index (χ3v) is 7.29. The number of carboxylic acids is 1. The highest BCUT2D eigenvalue weighted by atomic mass is 16.4. The smallest absolute Gasteiger partial charge is 0.309 e. The SMILES string of the molecule is CCCC(C(=O)NC=O)c1ccc(N2CCC(C(=O)N3CCC(C)(C(=O)O)CC3)CC2)cc1. The number of likely N-dealkylation sites (tertiary alicyclic amines) is 1. The minimum atomic E-state index is -0.778. The van der Waals surface area contributed by atoms with E-state index in [2.05, 4.69) is 10.2 Å². The minimum Gasteiger partial charge on any atom is -0.481 e. The summed E-state index contributed by atoms with van der Waals surface area (Å²) >= 11 is 0. The van der Waals surface area contributed by atoms with Crippen molar-refractivity contribution in [3.05, 3.63) is 29.8 Å². The van der Waals surface area contributed by atoms with Gasteiger partial charge < -0.3 is 14.9 Å². The normalized spacial score (nSPS) is 19.6. The fourth-order valence-corrected chi connectivity index (χ4v) is 4.89. The third kappa shape index (κ3) is 5.72. The van der Waals surface area contributed by atoms with Crippen LogP contribution in [-0.2, 0) is 19.2 Å². The Morgan fingerprint density at radius 1 is 1.12 bits per heavy atom. The lowest BCUT2D eigenvalue weighted by Gasteiger charge is -2.40. The number of carbonyl (C=O) groups is 4. The van der Waals surface area contributed by atoms with Crippen molar-refractivity contribution < 1.29 is 24.3 Å². The summed E-state index contributed by atoms with van der Waals surface area (Å²) in [7, 11) is 0. The van der Waals surface area contributed by atoms with Crippen molar-refractivity contribution in [1.29, 1.82) is 0 Å². The maximum atomic E-state index is 13.0. The van der Waals surface area contributed by atoms with Crippen molar-refractivity contribution in [3.63, 3.8) is 0 Å². The molecule has 3 amide bonds. The molecule has 2 N–H and O–H groups in total. The van der Waals surface area contributed by atoms with Gasteiger partial charge in [-0.25, -0.2) is 0 Å². The zero-order chi connectivity index (χ0) is 24.0. The van der Waals surface area contributed by atoms with Gasteiger partial charge in [0.05, 0.1) is 11.3 Å². The van der Waals surface area contributed by atoms with E-state index in [-0.39, 0.29) is 23.7 Å². The molecule has 33 heavy (non-hydrogen) atoms. The Morgan fingerprint density at radius 3 is 2.24 bits per heavy atom. The number of carboxylic acid groups (broad SMARTS) is 1. The minimum absolute atomic E-state index is 0.0179. The Labute approximate surface area is 195 Å². The first-order valence-electron chi connectivity index (χ1n) is 11.9. The second kappa shape index (κ2) is 10.8. The second-order valence-corrected chi connectivity index (χ2v) is 9.51. The van der Waals surface area contributed by atoms with Crippen molar-refractivity contribution >= 4 is 29.9 Å². The van der Waals surface area contributed by atoms with E-state index >= 15 is 0 Å². The van der Waals surface area contributed by atoms with Gasteiger partial charge in [-0.3, -0.25) is 24.5 Å². The molecular formula is C25H35N3O5. The molecule has 0 radical (unpaired) electrons. The molecule has 2 aliphatic rings. The number of nitrogens with one attached hydrogen (secondary N) is 1. The van der Waals surface area contributed by atoms with Crippen LogP contribution < -0.4 is 10.2 Å². The fourth-order valence-electron chi connectivity index (χ4n) is 4.89. The van der Waals surface area contributed by atoms with Gasteiger partial charge in [0.25, 0.3) is 0 Å². The standard InChI is InChI=1S/C25H35N3O5/c1-3-4-21(22(30)26-17-29)18-5-7-20(8-6-18)27-13-9-19(10-14-27)23(31)28-15-11-25(2,12-16-28)24(32)33/h5-8,17,19,21H,3-4,9-16H2,1-2H3,(H,32,33)(H,26,29,30). The molecule has 1 unspecified atom stereocenters. The fraction of sp³-hybridized carbons (Fsp3) is 0.600. The molecule has 1 aromatic carbocycles. The van der Waals surface area contributed by atoms with Crippen LogP contribution in [0.25, 0.3) is 0 Å². The molecule has 2 saturated heterocycles. The largest absolute Gasteiger partial charge is 0.481 e. The Kier molecular flexibility index (Phi) is 8.10. The van der Waals surface area contributed by atoms with Gasteiger partial charge in [-0.1, -0.05) is 25.5 Å². The van der Waals surface area contributed by atoms with E-state index in [1.54, 1.807) is 6.92 Å². The Morgan fingerprint density at radius 2 is 1.73 bits per heavy atom. The number of benzene rings is 1. The molecule has 2 heterocycles. The summed E-state index contributed by atoms with van der Waals surface area (Å²) in [5, 5.41) is 11.7. The number of piperidine rings is 2. The monoisotopic (exact) mass is 457 g/mol. The molecule has 0 spiro atoms. The highest BCUT2D eigenvalue weighted by Crippen LogP contribution is 2.33. The first-order chi connectivity index (χ1) is 15.8. The summed E-state index contributed by atoms with van der Waals surface area (Å²) in [6.45, 7) is 6.36. The van der Waals surface area contributed by atoms with Crippen LogP contribution >= 0.6 is 0 Å². The van der Waals surface area contributed by atoms with Gasteiger partial charge in [-0.05, 0) is 56.7 Å². The van der Waals surface area contributed by atoms with E-state index in [1.165, 1.54) is 0 Å². The van der Waals surface area contributed by atoms with Gasteiger partial charge in [-0.15, -0.1) is 0 Å². The summed E-state index contributed by atoms with van der Waals surface area (Å²) in [5.74, 6) is -1.26. The molecule has 2 aliphatic heterocycles. The summed E-state index contributed by atoms with van der Waals surface area (Å²) in [4.78, 5) is 51.4. The number of nitrogens with zero attached hydrogens (tertiary/aromatic N) is 2. The molecule has 1 atom stereocenters. The van der Waals surface area contributed by atoms with E-state index in [4.69, 9.17) is 0 Å². The number of hydrogen-bond acceptors (Lipinski definition) is 5. The first kappa shape index (κ1) is 24.7. The van der Waals surface area contributed by atoms with Crippen LogP contribution in [-0.4, -0.2) is 60.4 Å². The van der Waals surface area contributed by atoms with Crippen LogP contribution in [0.5, 0.6) is 0 Å². The van der Waals surface area contributed by atoms with E-state index in [0.29, 0.717) is 38.8 Å². The van der Waals surface area contributed by atoms with Gasteiger partial charge in [0.15, 0.2) is 0 Å². The van der Waals surface area contributed by atoms with Crippen molar-refractivity contribution in [3.8, 4) is 0 Å². The van der Waals surface area contributed by atoms with Gasteiger partial charge in [-0.2, -0.15) is 0 Å². The Hall–Kier alpha value is -2.90. The Bertz CT molecular complexity index is 853. The number of carbonyl (C=O) groups excluding carboxylic acids is 3. The molecule has 0 aromatic heterocycles. The van der Waals surface area contributed by atoms with Crippen LogP contribution in [0.3, 0.4) is 0 Å². The number of rotatable bonds is 8. The van der Waals surface area contributed by atoms with E-state index < -0.39 is 11.4 Å². The van der Waals surface area contributed by atoms with Gasteiger partial charge in [0, 0.05) is 37.8 Å². The number of amides is 3. The van der Waals surface area contributed by atoms with E-state index in [9.17, 15) is 24.3 Å². The maximum Gasteiger partial charge on any atom is 0.309 e. The van der Waals surface area contributed by atoms with Crippen molar-refractivity contribution in [1.82, 2.24) is 10.2 Å². The van der Waals surface area contributed by atoms with Crippen LogP contribution in [0.2, 0.25) is 0 Å². The van der Waals surface area contributed by atoms with Gasteiger partial charge >= 0.3 is 5.97 Å². The topological polar surface area (TPSA) is 107 Å².